The van der Waals surface area contributed by atoms with Gasteiger partial charge in [-0.15, -0.1) is 0 Å². The van der Waals surface area contributed by atoms with E-state index in [0.717, 1.165) is 11.1 Å². The Morgan fingerprint density at radius 1 is 1.00 bits per heavy atom. The van der Waals surface area contributed by atoms with Crippen molar-refractivity contribution in [1.29, 1.82) is 0 Å². The van der Waals surface area contributed by atoms with E-state index in [4.69, 9.17) is 4.74 Å². The largest absolute Gasteiger partial charge is 0.483 e. The molecule has 0 fully saturated rings. The number of ether oxygens (including phenoxy) is 1. The van der Waals surface area contributed by atoms with E-state index in [2.05, 4.69) is 16.0 Å². The third-order valence-corrected chi connectivity index (χ3v) is 4.69. The standard InChI is InChI=1S/C23H26N4O4/c1-14(2)12-27-23(30)18-11-6-5-10-17(18)20(26-27)22(29)25-24-19(28)13-31-21-15(3)8-7-9-16(21)4/h5-11,14H,12-13H2,1-4H3,(H,24,28)(H,25,29). The predicted octanol–water partition coefficient (Wildman–Crippen LogP) is 2.51. The Morgan fingerprint density at radius 2 is 1.65 bits per heavy atom. The first-order chi connectivity index (χ1) is 14.8. The van der Waals surface area contributed by atoms with Gasteiger partial charge in [-0.25, -0.2) is 4.68 Å². The molecule has 0 atom stereocenters. The average molecular weight is 422 g/mol. The van der Waals surface area contributed by atoms with Crippen LogP contribution in [-0.4, -0.2) is 28.2 Å². The highest BCUT2D eigenvalue weighted by Gasteiger charge is 2.18. The maximum atomic E-state index is 12.8. The average Bonchev–Trinajstić information content (AvgIpc) is 2.73. The van der Waals surface area contributed by atoms with Crippen molar-refractivity contribution in [2.24, 2.45) is 5.92 Å². The maximum absolute atomic E-state index is 12.8. The van der Waals surface area contributed by atoms with Crippen LogP contribution < -0.4 is 21.1 Å². The fourth-order valence-corrected chi connectivity index (χ4v) is 3.26. The van der Waals surface area contributed by atoms with Gasteiger partial charge in [0.25, 0.3) is 17.4 Å². The number of amides is 2. The third kappa shape index (κ3) is 5.09. The molecule has 0 aliphatic rings. The number of carbonyl (C=O) groups excluding carboxylic acids is 2. The van der Waals surface area contributed by atoms with Gasteiger partial charge in [0, 0.05) is 11.9 Å². The molecule has 0 spiro atoms. The zero-order chi connectivity index (χ0) is 22.5. The quantitative estimate of drug-likeness (QED) is 0.594. The van der Waals surface area contributed by atoms with Crippen molar-refractivity contribution in [2.45, 2.75) is 34.2 Å². The summed E-state index contributed by atoms with van der Waals surface area (Å²) in [5, 5.41) is 5.06. The van der Waals surface area contributed by atoms with Crippen LogP contribution in [0, 0.1) is 19.8 Å². The van der Waals surface area contributed by atoms with Crippen LogP contribution in [0.1, 0.15) is 35.5 Å². The topological polar surface area (TPSA) is 102 Å². The Hall–Kier alpha value is -3.68. The van der Waals surface area contributed by atoms with E-state index < -0.39 is 11.8 Å². The highest BCUT2D eigenvalue weighted by atomic mass is 16.5. The normalized spacial score (nSPS) is 10.9. The number of fused-ring (bicyclic) bond motifs is 1. The van der Waals surface area contributed by atoms with Crippen LogP contribution in [0.4, 0.5) is 0 Å². The molecule has 0 saturated carbocycles. The van der Waals surface area contributed by atoms with Crippen molar-refractivity contribution in [3.63, 3.8) is 0 Å². The molecule has 8 nitrogen and oxygen atoms in total. The molecule has 0 bridgehead atoms. The molecule has 1 heterocycles. The lowest BCUT2D eigenvalue weighted by Crippen LogP contribution is -2.44. The molecule has 3 rings (SSSR count). The van der Waals surface area contributed by atoms with Gasteiger partial charge in [0.1, 0.15) is 5.75 Å². The number of para-hydroxylation sites is 1. The molecule has 0 saturated heterocycles. The van der Waals surface area contributed by atoms with E-state index in [1.165, 1.54) is 4.68 Å². The van der Waals surface area contributed by atoms with Gasteiger partial charge in [0.15, 0.2) is 12.3 Å². The van der Waals surface area contributed by atoms with Gasteiger partial charge in [-0.05, 0) is 37.0 Å². The summed E-state index contributed by atoms with van der Waals surface area (Å²) in [6.45, 7) is 7.82. The minimum atomic E-state index is -0.617. The number of carbonyl (C=O) groups is 2. The lowest BCUT2D eigenvalue weighted by atomic mass is 10.1. The summed E-state index contributed by atoms with van der Waals surface area (Å²) in [5.74, 6) is -0.327. The van der Waals surface area contributed by atoms with Crippen LogP contribution in [0.2, 0.25) is 0 Å². The van der Waals surface area contributed by atoms with Crippen molar-refractivity contribution in [3.05, 3.63) is 69.6 Å². The summed E-state index contributed by atoms with van der Waals surface area (Å²) in [6, 6.07) is 12.5. The van der Waals surface area contributed by atoms with Crippen molar-refractivity contribution < 1.29 is 14.3 Å². The van der Waals surface area contributed by atoms with Crippen LogP contribution in [0.15, 0.2) is 47.3 Å². The van der Waals surface area contributed by atoms with Gasteiger partial charge in [0.05, 0.1) is 5.39 Å². The van der Waals surface area contributed by atoms with Crippen molar-refractivity contribution in [3.8, 4) is 5.75 Å². The fourth-order valence-electron chi connectivity index (χ4n) is 3.26. The van der Waals surface area contributed by atoms with Crippen molar-refractivity contribution >= 4 is 22.6 Å². The lowest BCUT2D eigenvalue weighted by molar-refractivity contribution is -0.123. The number of benzene rings is 2. The number of rotatable bonds is 6. The molecule has 0 unspecified atom stereocenters. The fraction of sp³-hybridized carbons (Fsp3) is 0.304. The van der Waals surface area contributed by atoms with Crippen molar-refractivity contribution in [2.75, 3.05) is 6.61 Å². The molecule has 0 radical (unpaired) electrons. The first-order valence-electron chi connectivity index (χ1n) is 10.1. The highest BCUT2D eigenvalue weighted by Crippen LogP contribution is 2.22. The van der Waals surface area contributed by atoms with E-state index in [-0.39, 0.29) is 23.8 Å². The monoisotopic (exact) mass is 422 g/mol. The molecule has 3 aromatic rings. The summed E-state index contributed by atoms with van der Waals surface area (Å²) < 4.78 is 6.88. The smallest absolute Gasteiger partial charge is 0.290 e. The van der Waals surface area contributed by atoms with Gasteiger partial charge < -0.3 is 4.74 Å². The molecular weight excluding hydrogens is 396 g/mol. The number of nitrogens with one attached hydrogen (secondary N) is 2. The second-order valence-corrected chi connectivity index (χ2v) is 7.79. The molecule has 0 aliphatic carbocycles. The van der Waals surface area contributed by atoms with Gasteiger partial charge in [-0.2, -0.15) is 5.10 Å². The van der Waals surface area contributed by atoms with Crippen LogP contribution in [0.25, 0.3) is 10.8 Å². The summed E-state index contributed by atoms with van der Waals surface area (Å²) in [6.07, 6.45) is 0. The number of hydrogen-bond acceptors (Lipinski definition) is 5. The van der Waals surface area contributed by atoms with Crippen LogP contribution in [0.3, 0.4) is 0 Å². The number of hydrogen-bond donors (Lipinski definition) is 2. The number of nitrogens with zero attached hydrogens (tertiary/aromatic N) is 2. The molecule has 2 N–H and O–H groups in total. The maximum Gasteiger partial charge on any atom is 0.290 e. The van der Waals surface area contributed by atoms with E-state index in [0.29, 0.717) is 23.1 Å². The Kier molecular flexibility index (Phi) is 6.69. The molecular formula is C23H26N4O4. The van der Waals surface area contributed by atoms with Gasteiger partial charge >= 0.3 is 0 Å². The molecule has 31 heavy (non-hydrogen) atoms. The summed E-state index contributed by atoms with van der Waals surface area (Å²) in [7, 11) is 0. The summed E-state index contributed by atoms with van der Waals surface area (Å²) in [4.78, 5) is 37.6. The summed E-state index contributed by atoms with van der Waals surface area (Å²) >= 11 is 0. The number of aromatic nitrogens is 2. The molecule has 0 aliphatic heterocycles. The van der Waals surface area contributed by atoms with E-state index >= 15 is 0 Å². The number of hydrazine groups is 1. The minimum Gasteiger partial charge on any atom is -0.483 e. The zero-order valence-electron chi connectivity index (χ0n) is 18.1. The molecule has 2 aromatic carbocycles. The zero-order valence-corrected chi connectivity index (χ0v) is 18.1. The lowest BCUT2D eigenvalue weighted by Gasteiger charge is -2.14. The van der Waals surface area contributed by atoms with Gasteiger partial charge in [-0.1, -0.05) is 50.2 Å². The van der Waals surface area contributed by atoms with Crippen LogP contribution in [-0.2, 0) is 11.3 Å². The SMILES string of the molecule is Cc1cccc(C)c1OCC(=O)NNC(=O)c1nn(CC(C)C)c(=O)c2ccccc12. The van der Waals surface area contributed by atoms with E-state index in [1.807, 2.05) is 45.9 Å². The Morgan fingerprint density at radius 3 is 2.29 bits per heavy atom. The second-order valence-electron chi connectivity index (χ2n) is 7.79. The van der Waals surface area contributed by atoms with E-state index in [9.17, 15) is 14.4 Å². The highest BCUT2D eigenvalue weighted by molar-refractivity contribution is 6.05. The number of aryl methyl sites for hydroxylation is 2. The second kappa shape index (κ2) is 9.42. The van der Waals surface area contributed by atoms with Crippen molar-refractivity contribution in [1.82, 2.24) is 20.6 Å². The first kappa shape index (κ1) is 22.0. The molecule has 162 valence electrons. The van der Waals surface area contributed by atoms with Gasteiger partial charge in [0.2, 0.25) is 0 Å². The molecule has 2 amide bonds. The molecule has 8 heteroatoms. The van der Waals surface area contributed by atoms with Crippen LogP contribution >= 0.6 is 0 Å². The van der Waals surface area contributed by atoms with E-state index in [1.54, 1.807) is 24.3 Å². The Labute approximate surface area is 180 Å². The first-order valence-corrected chi connectivity index (χ1v) is 10.1. The third-order valence-electron chi connectivity index (χ3n) is 4.69. The van der Waals surface area contributed by atoms with Gasteiger partial charge in [-0.3, -0.25) is 25.2 Å². The Bertz CT molecular complexity index is 1160. The molecule has 1 aromatic heterocycles. The Balaban J connectivity index is 1.73. The minimum absolute atomic E-state index is 0.0619. The van der Waals surface area contributed by atoms with Crippen LogP contribution in [0.5, 0.6) is 5.75 Å². The summed E-state index contributed by atoms with van der Waals surface area (Å²) in [5.41, 5.74) is 6.34. The predicted molar refractivity (Wildman–Crippen MR) is 118 cm³/mol.